The van der Waals surface area contributed by atoms with Crippen LogP contribution in [0.2, 0.25) is 0 Å². The highest BCUT2D eigenvalue weighted by Gasteiger charge is 2.20. The number of primary sulfonamides is 1. The monoisotopic (exact) mass is 430 g/mol. The number of fused-ring (bicyclic) bond motifs is 2. The van der Waals surface area contributed by atoms with Gasteiger partial charge in [-0.2, -0.15) is 0 Å². The number of aromatic nitrogens is 1. The van der Waals surface area contributed by atoms with E-state index in [1.54, 1.807) is 0 Å². The molecule has 1 amide bonds. The third kappa shape index (κ3) is 4.12. The fourth-order valence-corrected chi connectivity index (χ4v) is 5.10. The normalized spacial score (nSPS) is 14.8. The van der Waals surface area contributed by atoms with E-state index in [4.69, 9.17) is 15.9 Å². The minimum Gasteiger partial charge on any atom is -0.397 e. The number of sulfonamides is 1. The van der Waals surface area contributed by atoms with Crippen LogP contribution in [0.1, 0.15) is 46.6 Å². The minimum atomic E-state index is -3.78. The van der Waals surface area contributed by atoms with Gasteiger partial charge in [-0.05, 0) is 61.6 Å². The van der Waals surface area contributed by atoms with E-state index in [1.807, 2.05) is 0 Å². The molecule has 1 aliphatic rings. The standard InChI is InChI=1S/C20H22N4O3S2/c21-17-15-11-12-5-3-1-2-4-6-16(12)24-20(15)28-18(17)19(25)23-13-7-9-14(10-8-13)29(22,26)27/h7-11H,1-6,21H2,(H,23,25)(H2,22,26,27). The molecule has 2 heterocycles. The van der Waals surface area contributed by atoms with Gasteiger partial charge in [0.1, 0.15) is 9.71 Å². The number of carbonyl (C=O) groups is 1. The van der Waals surface area contributed by atoms with Crippen molar-refractivity contribution >= 4 is 48.9 Å². The maximum Gasteiger partial charge on any atom is 0.267 e. The molecule has 3 aromatic rings. The lowest BCUT2D eigenvalue weighted by Gasteiger charge is -2.12. The van der Waals surface area contributed by atoms with E-state index in [0.717, 1.165) is 41.6 Å². The van der Waals surface area contributed by atoms with Crippen LogP contribution in [0.5, 0.6) is 0 Å². The summed E-state index contributed by atoms with van der Waals surface area (Å²) in [6.45, 7) is 0. The van der Waals surface area contributed by atoms with Gasteiger partial charge in [-0.25, -0.2) is 18.5 Å². The summed E-state index contributed by atoms with van der Waals surface area (Å²) in [7, 11) is -3.78. The summed E-state index contributed by atoms with van der Waals surface area (Å²) >= 11 is 1.28. The molecule has 29 heavy (non-hydrogen) atoms. The molecule has 0 saturated heterocycles. The number of thiophene rings is 1. The molecule has 1 aliphatic carbocycles. The van der Waals surface area contributed by atoms with Crippen LogP contribution in [0.4, 0.5) is 11.4 Å². The molecule has 2 aromatic heterocycles. The quantitative estimate of drug-likeness (QED) is 0.586. The molecular weight excluding hydrogens is 408 g/mol. The molecule has 1 aromatic carbocycles. The van der Waals surface area contributed by atoms with Crippen molar-refractivity contribution in [3.05, 3.63) is 46.5 Å². The summed E-state index contributed by atoms with van der Waals surface area (Å²) in [6, 6.07) is 7.77. The van der Waals surface area contributed by atoms with Gasteiger partial charge >= 0.3 is 0 Å². The van der Waals surface area contributed by atoms with Crippen LogP contribution in [0.25, 0.3) is 10.2 Å². The summed E-state index contributed by atoms with van der Waals surface area (Å²) in [4.78, 5) is 18.7. The lowest BCUT2D eigenvalue weighted by Crippen LogP contribution is -2.13. The zero-order valence-corrected chi connectivity index (χ0v) is 17.4. The highest BCUT2D eigenvalue weighted by atomic mass is 32.2. The van der Waals surface area contributed by atoms with Crippen LogP contribution >= 0.6 is 11.3 Å². The molecule has 0 bridgehead atoms. The lowest BCUT2D eigenvalue weighted by molar-refractivity contribution is 0.103. The zero-order chi connectivity index (χ0) is 20.6. The second-order valence-corrected chi connectivity index (χ2v) is 9.79. The van der Waals surface area contributed by atoms with Crippen LogP contribution in [-0.2, 0) is 22.9 Å². The van der Waals surface area contributed by atoms with Crippen molar-refractivity contribution in [3.8, 4) is 0 Å². The second-order valence-electron chi connectivity index (χ2n) is 7.23. The van der Waals surface area contributed by atoms with Gasteiger partial charge in [-0.15, -0.1) is 11.3 Å². The molecule has 5 N–H and O–H groups in total. The van der Waals surface area contributed by atoms with Gasteiger partial charge in [0, 0.05) is 16.8 Å². The number of hydrogen-bond acceptors (Lipinski definition) is 6. The number of hydrogen-bond donors (Lipinski definition) is 3. The highest BCUT2D eigenvalue weighted by molar-refractivity contribution is 7.89. The lowest BCUT2D eigenvalue weighted by atomic mass is 9.96. The van der Waals surface area contributed by atoms with Crippen molar-refractivity contribution < 1.29 is 13.2 Å². The third-order valence-corrected chi connectivity index (χ3v) is 7.19. The van der Waals surface area contributed by atoms with E-state index in [0.29, 0.717) is 16.3 Å². The average Bonchev–Trinajstić information content (AvgIpc) is 2.97. The number of nitrogen functional groups attached to an aromatic ring is 1. The smallest absolute Gasteiger partial charge is 0.267 e. The van der Waals surface area contributed by atoms with E-state index in [2.05, 4.69) is 11.4 Å². The first-order chi connectivity index (χ1) is 13.8. The van der Waals surface area contributed by atoms with E-state index in [1.165, 1.54) is 54.0 Å². The van der Waals surface area contributed by atoms with Crippen LogP contribution in [0, 0.1) is 0 Å². The van der Waals surface area contributed by atoms with Crippen molar-refractivity contribution in [2.45, 2.75) is 43.4 Å². The first-order valence-electron chi connectivity index (χ1n) is 9.48. The zero-order valence-electron chi connectivity index (χ0n) is 15.8. The Balaban J connectivity index is 1.63. The molecule has 7 nitrogen and oxygen atoms in total. The van der Waals surface area contributed by atoms with Gasteiger partial charge < -0.3 is 11.1 Å². The number of amides is 1. The SMILES string of the molecule is Nc1c(C(=O)Nc2ccc(S(N)(=O)=O)cc2)sc2nc3c(cc12)CCCCCC3. The molecule has 0 aliphatic heterocycles. The number of aryl methyl sites for hydroxylation is 2. The Labute approximate surface area is 173 Å². The average molecular weight is 431 g/mol. The van der Waals surface area contributed by atoms with Crippen molar-refractivity contribution in [1.82, 2.24) is 4.98 Å². The van der Waals surface area contributed by atoms with Crippen molar-refractivity contribution in [1.29, 1.82) is 0 Å². The second kappa shape index (κ2) is 7.74. The molecule has 9 heteroatoms. The number of nitrogens with two attached hydrogens (primary N) is 2. The molecule has 0 fully saturated rings. The van der Waals surface area contributed by atoms with Crippen LogP contribution in [0.15, 0.2) is 35.2 Å². The van der Waals surface area contributed by atoms with Crippen molar-refractivity contribution in [2.75, 3.05) is 11.1 Å². The molecule has 0 unspecified atom stereocenters. The Morgan fingerprint density at radius 1 is 1.07 bits per heavy atom. The predicted molar refractivity (Wildman–Crippen MR) is 116 cm³/mol. The Morgan fingerprint density at radius 3 is 2.45 bits per heavy atom. The summed E-state index contributed by atoms with van der Waals surface area (Å²) in [5, 5.41) is 8.68. The summed E-state index contributed by atoms with van der Waals surface area (Å²) in [5.41, 5.74) is 9.52. The van der Waals surface area contributed by atoms with Gasteiger partial charge in [0.25, 0.3) is 5.91 Å². The van der Waals surface area contributed by atoms with Crippen LogP contribution in [-0.4, -0.2) is 19.3 Å². The van der Waals surface area contributed by atoms with Crippen LogP contribution in [0.3, 0.4) is 0 Å². The van der Waals surface area contributed by atoms with Crippen molar-refractivity contribution in [3.63, 3.8) is 0 Å². The van der Waals surface area contributed by atoms with Gasteiger partial charge in [0.05, 0.1) is 10.6 Å². The summed E-state index contributed by atoms with van der Waals surface area (Å²) in [5.74, 6) is -0.346. The molecule has 0 spiro atoms. The third-order valence-electron chi connectivity index (χ3n) is 5.15. The molecular formula is C20H22N4O3S2. The van der Waals surface area contributed by atoms with Gasteiger partial charge in [0.2, 0.25) is 10.0 Å². The fraction of sp³-hybridized carbons (Fsp3) is 0.300. The first-order valence-corrected chi connectivity index (χ1v) is 11.8. The topological polar surface area (TPSA) is 128 Å². The highest BCUT2D eigenvalue weighted by Crippen LogP contribution is 2.35. The molecule has 0 saturated carbocycles. The number of nitrogens with zero attached hydrogens (tertiary/aromatic N) is 1. The van der Waals surface area contributed by atoms with Gasteiger partial charge in [0.15, 0.2) is 0 Å². The fourth-order valence-electron chi connectivity index (χ4n) is 3.60. The minimum absolute atomic E-state index is 0.0153. The Bertz CT molecular complexity index is 1180. The number of rotatable bonds is 3. The summed E-state index contributed by atoms with van der Waals surface area (Å²) < 4.78 is 22.7. The Kier molecular flexibility index (Phi) is 5.28. The molecule has 0 atom stereocenters. The largest absolute Gasteiger partial charge is 0.397 e. The van der Waals surface area contributed by atoms with Gasteiger partial charge in [-0.3, -0.25) is 4.79 Å². The molecule has 4 rings (SSSR count). The number of pyridine rings is 1. The number of benzene rings is 1. The van der Waals surface area contributed by atoms with E-state index in [-0.39, 0.29) is 10.8 Å². The van der Waals surface area contributed by atoms with Crippen LogP contribution < -0.4 is 16.2 Å². The van der Waals surface area contributed by atoms with E-state index in [9.17, 15) is 13.2 Å². The number of nitrogens with one attached hydrogen (secondary N) is 1. The molecule has 0 radical (unpaired) electrons. The number of carbonyl (C=O) groups excluding carboxylic acids is 1. The summed E-state index contributed by atoms with van der Waals surface area (Å²) in [6.07, 6.45) is 6.69. The first kappa shape index (κ1) is 19.8. The van der Waals surface area contributed by atoms with E-state index < -0.39 is 10.0 Å². The van der Waals surface area contributed by atoms with Gasteiger partial charge in [-0.1, -0.05) is 12.8 Å². The predicted octanol–water partition coefficient (Wildman–Crippen LogP) is 3.44. The maximum absolute atomic E-state index is 12.8. The van der Waals surface area contributed by atoms with Crippen molar-refractivity contribution in [2.24, 2.45) is 5.14 Å². The Morgan fingerprint density at radius 2 is 1.76 bits per heavy atom. The Hall–Kier alpha value is -2.49. The maximum atomic E-state index is 12.8. The van der Waals surface area contributed by atoms with E-state index >= 15 is 0 Å². The number of anilines is 2. The molecule has 152 valence electrons.